The van der Waals surface area contributed by atoms with Crippen LogP contribution < -0.4 is 16.4 Å². The molecule has 3 rings (SSSR count). The summed E-state index contributed by atoms with van der Waals surface area (Å²) < 4.78 is 5.10. The second kappa shape index (κ2) is 7.44. The Balaban J connectivity index is 1.77. The number of carboxylic acids is 1. The molecule has 1 aromatic heterocycles. The van der Waals surface area contributed by atoms with Crippen LogP contribution in [0.2, 0.25) is 0 Å². The monoisotopic (exact) mass is 413 g/mol. The van der Waals surface area contributed by atoms with E-state index < -0.39 is 35.0 Å². The van der Waals surface area contributed by atoms with Gasteiger partial charge in [-0.2, -0.15) is 0 Å². The van der Waals surface area contributed by atoms with Crippen molar-refractivity contribution in [3.63, 3.8) is 0 Å². The van der Waals surface area contributed by atoms with Gasteiger partial charge >= 0.3 is 11.9 Å². The van der Waals surface area contributed by atoms with Crippen LogP contribution in [0.1, 0.15) is 12.6 Å². The van der Waals surface area contributed by atoms with Crippen molar-refractivity contribution in [3.05, 3.63) is 22.3 Å². The molecule has 2 aliphatic heterocycles. The van der Waals surface area contributed by atoms with E-state index in [1.54, 1.807) is 6.92 Å². The van der Waals surface area contributed by atoms with Crippen LogP contribution in [-0.2, 0) is 19.1 Å². The fourth-order valence-electron chi connectivity index (χ4n) is 2.60. The normalized spacial score (nSPS) is 23.3. The highest BCUT2D eigenvalue weighted by Gasteiger charge is 2.41. The number of nitrogens with one attached hydrogen (secondary N) is 2. The number of thioether (sulfide) groups is 1. The molecule has 11 nitrogen and oxygen atoms in total. The van der Waals surface area contributed by atoms with E-state index in [1.807, 2.05) is 0 Å². The van der Waals surface area contributed by atoms with E-state index in [-0.39, 0.29) is 22.6 Å². The number of nitrogens with zero attached hydrogens (tertiary/aromatic N) is 2. The summed E-state index contributed by atoms with van der Waals surface area (Å²) in [5, 5.41) is 27.4. The van der Waals surface area contributed by atoms with E-state index in [9.17, 15) is 19.5 Å². The lowest BCUT2D eigenvalue weighted by Crippen LogP contribution is -2.55. The quantitative estimate of drug-likeness (QED) is 0.180. The van der Waals surface area contributed by atoms with Crippen LogP contribution in [0.15, 0.2) is 21.8 Å². The summed E-state index contributed by atoms with van der Waals surface area (Å²) in [5.74, 6) is -2.45. The zero-order valence-electron chi connectivity index (χ0n) is 13.8. The molecule has 0 aliphatic carbocycles. The van der Waals surface area contributed by atoms with Gasteiger partial charge in [-0.1, -0.05) is 5.16 Å². The van der Waals surface area contributed by atoms with E-state index >= 15 is 0 Å². The van der Waals surface area contributed by atoms with Gasteiger partial charge in [0.1, 0.15) is 22.9 Å². The van der Waals surface area contributed by atoms with Crippen LogP contribution in [0.4, 0.5) is 5.13 Å². The third kappa shape index (κ3) is 3.68. The molecule has 6 N–H and O–H groups in total. The number of nitrogen functional groups attached to an aromatic ring is 1. The molecule has 0 unspecified atom stereocenters. The molecule has 1 aromatic rings. The van der Waals surface area contributed by atoms with E-state index in [2.05, 4.69) is 20.8 Å². The molecule has 1 amide bonds. The van der Waals surface area contributed by atoms with Crippen molar-refractivity contribution in [3.8, 4) is 0 Å². The lowest BCUT2D eigenvalue weighted by molar-refractivity contribution is -0.142. The van der Waals surface area contributed by atoms with Crippen molar-refractivity contribution >= 4 is 51.8 Å². The summed E-state index contributed by atoms with van der Waals surface area (Å²) in [6.45, 7) is 1.73. The smallest absolute Gasteiger partial charge is 0.355 e. The number of hydrogen-bond acceptors (Lipinski definition) is 11. The van der Waals surface area contributed by atoms with Gasteiger partial charge in [0.05, 0.1) is 0 Å². The average molecular weight is 413 g/mol. The number of thiazole rings is 1. The number of amides is 1. The molecule has 0 saturated heterocycles. The number of rotatable bonds is 5. The van der Waals surface area contributed by atoms with Crippen molar-refractivity contribution in [2.24, 2.45) is 5.16 Å². The minimum atomic E-state index is -1.41. The Morgan fingerprint density at radius 3 is 2.89 bits per heavy atom. The van der Waals surface area contributed by atoms with Crippen molar-refractivity contribution in [1.29, 1.82) is 0 Å². The number of hydrogen-bond donors (Lipinski definition) is 5. The lowest BCUT2D eigenvalue weighted by Gasteiger charge is -2.29. The maximum Gasteiger partial charge on any atom is 0.355 e. The Morgan fingerprint density at radius 1 is 1.56 bits per heavy atom. The first-order chi connectivity index (χ1) is 12.8. The summed E-state index contributed by atoms with van der Waals surface area (Å²) in [4.78, 5) is 39.8. The van der Waals surface area contributed by atoms with Gasteiger partial charge in [-0.05, 0) is 6.92 Å². The highest BCUT2D eigenvalue weighted by Crippen LogP contribution is 2.32. The molecular formula is C14H15N5O6S2. The van der Waals surface area contributed by atoms with Crippen LogP contribution >= 0.6 is 23.1 Å². The molecular weight excluding hydrogens is 398 g/mol. The molecule has 0 aromatic carbocycles. The zero-order valence-corrected chi connectivity index (χ0v) is 15.5. The van der Waals surface area contributed by atoms with Gasteiger partial charge in [-0.3, -0.25) is 4.79 Å². The molecule has 3 heterocycles. The molecule has 13 heteroatoms. The van der Waals surface area contributed by atoms with E-state index in [0.29, 0.717) is 5.75 Å². The number of carboxylic acid groups (broad SMARTS) is 1. The first-order valence-electron chi connectivity index (χ1n) is 7.61. The SMILES string of the molecule is C[C@@H]1OC(=O)C2=C1CS[C@H]([C@H](NC(=O)/C(=N\O)c1csc(N)n1)C(=O)O)N2. The van der Waals surface area contributed by atoms with Gasteiger partial charge in [0.15, 0.2) is 16.9 Å². The average Bonchev–Trinajstić information content (AvgIpc) is 3.16. The van der Waals surface area contributed by atoms with Crippen LogP contribution in [0, 0.1) is 0 Å². The number of carbonyl (C=O) groups is 3. The van der Waals surface area contributed by atoms with Crippen LogP contribution in [-0.4, -0.2) is 62.1 Å². The third-order valence-electron chi connectivity index (χ3n) is 3.94. The minimum Gasteiger partial charge on any atom is -0.480 e. The molecule has 27 heavy (non-hydrogen) atoms. The molecule has 0 saturated carbocycles. The highest BCUT2D eigenvalue weighted by molar-refractivity contribution is 8.00. The Labute approximate surface area is 160 Å². The second-order valence-electron chi connectivity index (χ2n) is 5.63. The topological polar surface area (TPSA) is 176 Å². The van der Waals surface area contributed by atoms with E-state index in [0.717, 1.165) is 16.9 Å². The predicted octanol–water partition coefficient (Wildman–Crippen LogP) is -0.665. The number of ether oxygens (including phenoxy) is 1. The fraction of sp³-hybridized carbons (Fsp3) is 0.357. The number of oxime groups is 1. The van der Waals surface area contributed by atoms with Gasteiger partial charge < -0.3 is 31.4 Å². The Bertz CT molecular complexity index is 866. The first kappa shape index (κ1) is 19.0. The molecule has 0 radical (unpaired) electrons. The Hall–Kier alpha value is -2.80. The Kier molecular flexibility index (Phi) is 5.23. The number of nitrogens with two attached hydrogens (primary N) is 1. The predicted molar refractivity (Wildman–Crippen MR) is 96.4 cm³/mol. The molecule has 0 fully saturated rings. The Morgan fingerprint density at radius 2 is 2.30 bits per heavy atom. The molecule has 3 atom stereocenters. The summed E-state index contributed by atoms with van der Waals surface area (Å²) >= 11 is 2.24. The molecule has 0 spiro atoms. The van der Waals surface area contributed by atoms with Crippen molar-refractivity contribution in [1.82, 2.24) is 15.6 Å². The van der Waals surface area contributed by atoms with Crippen LogP contribution in [0.5, 0.6) is 0 Å². The number of aromatic nitrogens is 1. The maximum absolute atomic E-state index is 12.4. The van der Waals surface area contributed by atoms with Crippen LogP contribution in [0.3, 0.4) is 0 Å². The molecule has 0 bridgehead atoms. The summed E-state index contributed by atoms with van der Waals surface area (Å²) in [7, 11) is 0. The summed E-state index contributed by atoms with van der Waals surface area (Å²) in [6, 6.07) is -1.41. The minimum absolute atomic E-state index is 0.0177. The molecule has 144 valence electrons. The van der Waals surface area contributed by atoms with Crippen LogP contribution in [0.25, 0.3) is 0 Å². The van der Waals surface area contributed by atoms with Gasteiger partial charge in [-0.25, -0.2) is 14.6 Å². The van der Waals surface area contributed by atoms with Gasteiger partial charge in [0.25, 0.3) is 5.91 Å². The highest BCUT2D eigenvalue weighted by atomic mass is 32.2. The largest absolute Gasteiger partial charge is 0.480 e. The van der Waals surface area contributed by atoms with Gasteiger partial charge in [0.2, 0.25) is 0 Å². The number of carbonyl (C=O) groups excluding carboxylic acids is 2. The number of anilines is 1. The van der Waals surface area contributed by atoms with Gasteiger partial charge in [-0.15, -0.1) is 23.1 Å². The summed E-state index contributed by atoms with van der Waals surface area (Å²) in [5.41, 5.74) is 6.00. The molecule has 2 aliphatic rings. The van der Waals surface area contributed by atoms with Crippen molar-refractivity contribution in [2.45, 2.75) is 24.4 Å². The zero-order chi connectivity index (χ0) is 19.7. The van der Waals surface area contributed by atoms with E-state index in [1.165, 1.54) is 17.1 Å². The number of aliphatic carboxylic acids is 1. The summed E-state index contributed by atoms with van der Waals surface area (Å²) in [6.07, 6.45) is -0.380. The number of cyclic esters (lactones) is 1. The maximum atomic E-state index is 12.4. The van der Waals surface area contributed by atoms with Crippen molar-refractivity contribution < 1.29 is 29.4 Å². The van der Waals surface area contributed by atoms with E-state index in [4.69, 9.17) is 15.7 Å². The number of esters is 1. The standard InChI is InChI=1S/C14H15N5O6S2/c1-4-5-2-26-11(18-7(5)13(23)25-4)9(12(21)22)17-10(20)8(19-24)6-3-27-14(15)16-6/h3-4,9,11,18,24H,2H2,1H3,(H2,15,16)(H,17,20)(H,21,22)/b19-8-/t4-,9-,11+/m0/s1. The fourth-order valence-corrected chi connectivity index (χ4v) is 4.46. The van der Waals surface area contributed by atoms with Crippen molar-refractivity contribution in [2.75, 3.05) is 11.5 Å². The third-order valence-corrected chi connectivity index (χ3v) is 5.84. The second-order valence-corrected chi connectivity index (χ2v) is 7.65. The van der Waals surface area contributed by atoms with Gasteiger partial charge in [0, 0.05) is 16.7 Å². The lowest BCUT2D eigenvalue weighted by atomic mass is 10.1. The first-order valence-corrected chi connectivity index (χ1v) is 9.54.